The molecule has 0 spiro atoms. The van der Waals surface area contributed by atoms with Gasteiger partial charge < -0.3 is 14.8 Å². The Morgan fingerprint density at radius 1 is 1.04 bits per heavy atom. The number of nitro groups is 1. The molecule has 0 bridgehead atoms. The number of carbonyl (C=O) groups excluding carboxylic acids is 1. The number of hydrogen-bond donors (Lipinski definition) is 1. The predicted molar refractivity (Wildman–Crippen MR) is 108 cm³/mol. The van der Waals surface area contributed by atoms with Crippen molar-refractivity contribution in [1.82, 2.24) is 0 Å². The van der Waals surface area contributed by atoms with E-state index in [4.69, 9.17) is 9.47 Å². The number of hydrogen-bond acceptors (Lipinski definition) is 5. The second kappa shape index (κ2) is 10.3. The van der Waals surface area contributed by atoms with Gasteiger partial charge in [-0.15, -0.1) is 0 Å². The number of carbonyl (C=O) groups is 1. The number of nitrogens with one attached hydrogen (secondary N) is 1. The molecule has 7 nitrogen and oxygen atoms in total. The number of amides is 1. The zero-order valence-electron chi connectivity index (χ0n) is 16.5. The molecule has 0 saturated carbocycles. The van der Waals surface area contributed by atoms with Crippen molar-refractivity contribution in [1.29, 1.82) is 0 Å². The van der Waals surface area contributed by atoms with Gasteiger partial charge in [-0.05, 0) is 25.3 Å². The van der Waals surface area contributed by atoms with Gasteiger partial charge in [0.15, 0.2) is 11.5 Å². The number of nitro benzene ring substituents is 1. The lowest BCUT2D eigenvalue weighted by atomic mass is 10.1. The van der Waals surface area contributed by atoms with E-state index in [1.165, 1.54) is 12.1 Å². The van der Waals surface area contributed by atoms with E-state index in [0.29, 0.717) is 24.7 Å². The fourth-order valence-corrected chi connectivity index (χ4v) is 2.54. The molecule has 7 heteroatoms. The molecule has 0 unspecified atom stereocenters. The quantitative estimate of drug-likeness (QED) is 0.474. The average Bonchev–Trinajstić information content (AvgIpc) is 2.66. The average molecular weight is 386 g/mol. The van der Waals surface area contributed by atoms with Gasteiger partial charge in [0.2, 0.25) is 5.91 Å². The van der Waals surface area contributed by atoms with Gasteiger partial charge >= 0.3 is 0 Å². The van der Waals surface area contributed by atoms with Crippen LogP contribution in [0, 0.1) is 17.0 Å². The molecule has 1 N–H and O–H groups in total. The highest BCUT2D eigenvalue weighted by Gasteiger charge is 2.22. The third kappa shape index (κ3) is 5.97. The van der Waals surface area contributed by atoms with Gasteiger partial charge in [-0.1, -0.05) is 43.7 Å². The predicted octanol–water partition coefficient (Wildman–Crippen LogP) is 4.66. The number of benzene rings is 2. The molecule has 1 amide bonds. The summed E-state index contributed by atoms with van der Waals surface area (Å²) < 4.78 is 11.3. The number of nitrogens with zero attached hydrogens (tertiary/aromatic N) is 1. The fourth-order valence-electron chi connectivity index (χ4n) is 2.54. The van der Waals surface area contributed by atoms with Crippen molar-refractivity contribution >= 4 is 17.3 Å². The largest absolute Gasteiger partial charge is 0.490 e. The van der Waals surface area contributed by atoms with Crippen LogP contribution < -0.4 is 14.8 Å². The van der Waals surface area contributed by atoms with Gasteiger partial charge in [0.25, 0.3) is 5.69 Å². The fraction of sp³-hybridized carbons (Fsp3) is 0.381. The summed E-state index contributed by atoms with van der Waals surface area (Å²) in [5.74, 6) is 0.348. The van der Waals surface area contributed by atoms with Crippen LogP contribution in [0.3, 0.4) is 0 Å². The molecule has 28 heavy (non-hydrogen) atoms. The Morgan fingerprint density at radius 2 is 1.61 bits per heavy atom. The van der Waals surface area contributed by atoms with Gasteiger partial charge in [-0.3, -0.25) is 14.9 Å². The molecule has 0 aliphatic heterocycles. The van der Waals surface area contributed by atoms with E-state index < -0.39 is 4.92 Å². The number of ether oxygens (including phenoxy) is 2. The third-order valence-electron chi connectivity index (χ3n) is 3.94. The zero-order chi connectivity index (χ0) is 20.5. The number of aryl methyl sites for hydroxylation is 1. The zero-order valence-corrected chi connectivity index (χ0v) is 16.5. The molecule has 2 aromatic rings. The van der Waals surface area contributed by atoms with Crippen LogP contribution in [0.5, 0.6) is 11.5 Å². The molecule has 0 fully saturated rings. The van der Waals surface area contributed by atoms with Gasteiger partial charge in [-0.2, -0.15) is 0 Å². The first-order chi connectivity index (χ1) is 13.4. The van der Waals surface area contributed by atoms with Crippen LogP contribution >= 0.6 is 0 Å². The highest BCUT2D eigenvalue weighted by Crippen LogP contribution is 2.38. The number of anilines is 1. The Labute approximate surface area is 164 Å². The van der Waals surface area contributed by atoms with E-state index in [9.17, 15) is 14.9 Å². The molecule has 0 saturated heterocycles. The smallest absolute Gasteiger partial charge is 0.296 e. The summed E-state index contributed by atoms with van der Waals surface area (Å²) in [4.78, 5) is 23.4. The Bertz CT molecular complexity index is 818. The maximum atomic E-state index is 12.4. The molecule has 0 aliphatic rings. The van der Waals surface area contributed by atoms with Crippen LogP contribution in [0.25, 0.3) is 0 Å². The first-order valence-electron chi connectivity index (χ1n) is 9.38. The summed E-state index contributed by atoms with van der Waals surface area (Å²) in [5.41, 5.74) is 1.79. The van der Waals surface area contributed by atoms with Crippen molar-refractivity contribution in [2.75, 3.05) is 18.5 Å². The van der Waals surface area contributed by atoms with Crippen LogP contribution in [0.4, 0.5) is 11.4 Å². The van der Waals surface area contributed by atoms with E-state index in [2.05, 4.69) is 5.32 Å². The second-order valence-electron chi connectivity index (χ2n) is 6.48. The minimum atomic E-state index is -0.538. The van der Waals surface area contributed by atoms with Gasteiger partial charge in [0, 0.05) is 6.07 Å². The van der Waals surface area contributed by atoms with Crippen molar-refractivity contribution < 1.29 is 19.2 Å². The van der Waals surface area contributed by atoms with Crippen molar-refractivity contribution in [3.8, 4) is 11.5 Å². The molecule has 2 aromatic carbocycles. The van der Waals surface area contributed by atoms with Crippen molar-refractivity contribution in [2.45, 2.75) is 40.0 Å². The normalized spacial score (nSPS) is 10.4. The van der Waals surface area contributed by atoms with Crippen LogP contribution in [0.1, 0.15) is 37.8 Å². The molecular weight excluding hydrogens is 360 g/mol. The van der Waals surface area contributed by atoms with E-state index in [0.717, 1.165) is 24.0 Å². The lowest BCUT2D eigenvalue weighted by molar-refractivity contribution is -0.384. The first kappa shape index (κ1) is 21.2. The van der Waals surface area contributed by atoms with E-state index >= 15 is 0 Å². The van der Waals surface area contributed by atoms with Crippen LogP contribution in [0.15, 0.2) is 36.4 Å². The Kier molecular flexibility index (Phi) is 7.80. The first-order valence-corrected chi connectivity index (χ1v) is 9.38. The lowest BCUT2D eigenvalue weighted by Crippen LogP contribution is -2.16. The molecule has 0 atom stereocenters. The van der Waals surface area contributed by atoms with Crippen LogP contribution in [0.2, 0.25) is 0 Å². The molecule has 0 radical (unpaired) electrons. The van der Waals surface area contributed by atoms with Crippen molar-refractivity contribution in [2.24, 2.45) is 0 Å². The van der Waals surface area contributed by atoms with Gasteiger partial charge in [0.05, 0.1) is 30.6 Å². The summed E-state index contributed by atoms with van der Waals surface area (Å²) in [5, 5.41) is 14.1. The summed E-state index contributed by atoms with van der Waals surface area (Å²) in [7, 11) is 0. The van der Waals surface area contributed by atoms with Crippen molar-refractivity contribution in [3.05, 3.63) is 57.6 Å². The van der Waals surface area contributed by atoms with Crippen LogP contribution in [-0.2, 0) is 11.2 Å². The Morgan fingerprint density at radius 3 is 2.14 bits per heavy atom. The maximum Gasteiger partial charge on any atom is 0.296 e. The topological polar surface area (TPSA) is 90.7 Å². The van der Waals surface area contributed by atoms with Crippen molar-refractivity contribution in [3.63, 3.8) is 0 Å². The number of rotatable bonds is 10. The Balaban J connectivity index is 2.27. The molecule has 0 aromatic heterocycles. The monoisotopic (exact) mass is 386 g/mol. The van der Waals surface area contributed by atoms with E-state index in [1.54, 1.807) is 0 Å². The van der Waals surface area contributed by atoms with E-state index in [1.807, 2.05) is 45.0 Å². The van der Waals surface area contributed by atoms with Gasteiger partial charge in [-0.25, -0.2) is 0 Å². The molecular formula is C21H26N2O5. The van der Waals surface area contributed by atoms with Crippen LogP contribution in [-0.4, -0.2) is 24.0 Å². The summed E-state index contributed by atoms with van der Waals surface area (Å²) in [6, 6.07) is 10.3. The third-order valence-corrected chi connectivity index (χ3v) is 3.94. The summed E-state index contributed by atoms with van der Waals surface area (Å²) in [6.07, 6.45) is 1.66. The standard InChI is InChI=1S/C21H26N2O5/c1-4-10-27-19-13-17(18(23(25)26)14-20(19)28-11-5-2)22-21(24)12-16-8-6-15(3)7-9-16/h6-9,13-14H,4-5,10-12H2,1-3H3,(H,22,24). The van der Waals surface area contributed by atoms with E-state index in [-0.39, 0.29) is 23.7 Å². The highest BCUT2D eigenvalue weighted by atomic mass is 16.6. The highest BCUT2D eigenvalue weighted by molar-refractivity contribution is 5.95. The SMILES string of the molecule is CCCOc1cc(NC(=O)Cc2ccc(C)cc2)c([N+](=O)[O-])cc1OCCC. The molecule has 0 aliphatic carbocycles. The molecule has 0 heterocycles. The minimum absolute atomic E-state index is 0.0945. The molecule has 150 valence electrons. The maximum absolute atomic E-state index is 12.4. The van der Waals surface area contributed by atoms with Gasteiger partial charge in [0.1, 0.15) is 5.69 Å². The lowest BCUT2D eigenvalue weighted by Gasteiger charge is -2.14. The second-order valence-corrected chi connectivity index (χ2v) is 6.48. The molecule has 2 rings (SSSR count). The minimum Gasteiger partial charge on any atom is -0.490 e. The summed E-state index contributed by atoms with van der Waals surface area (Å²) >= 11 is 0. The Hall–Kier alpha value is -3.09. The summed E-state index contributed by atoms with van der Waals surface area (Å²) in [6.45, 7) is 6.73.